The molecule has 0 fully saturated rings. The summed E-state index contributed by atoms with van der Waals surface area (Å²) in [5.74, 6) is 0. The predicted octanol–water partition coefficient (Wildman–Crippen LogP) is 6.60. The highest BCUT2D eigenvalue weighted by atomic mass is 14.7. The van der Waals surface area contributed by atoms with Crippen LogP contribution >= 0.6 is 0 Å². The van der Waals surface area contributed by atoms with Crippen molar-refractivity contribution >= 4 is 10.8 Å². The lowest BCUT2D eigenvalue weighted by molar-refractivity contribution is 0.939. The third kappa shape index (κ3) is 2.42. The van der Waals surface area contributed by atoms with Crippen LogP contribution in [-0.4, -0.2) is 4.98 Å². The van der Waals surface area contributed by atoms with Crippen LogP contribution < -0.4 is 0 Å². The van der Waals surface area contributed by atoms with Gasteiger partial charge in [-0.1, -0.05) is 80.6 Å². The van der Waals surface area contributed by atoms with Crippen LogP contribution in [0.3, 0.4) is 0 Å². The molecule has 4 aromatic rings. The molecule has 27 heavy (non-hydrogen) atoms. The molecule has 1 aliphatic rings. The molecular weight excluding hydrogens is 326 g/mol. The van der Waals surface area contributed by atoms with E-state index in [2.05, 4.69) is 80.6 Å². The van der Waals surface area contributed by atoms with Crippen LogP contribution in [0.25, 0.3) is 33.0 Å². The Balaban J connectivity index is 1.94. The zero-order chi connectivity index (χ0) is 18.4. The van der Waals surface area contributed by atoms with Crippen LogP contribution in [0.1, 0.15) is 36.4 Å². The van der Waals surface area contributed by atoms with Gasteiger partial charge in [-0.2, -0.15) is 0 Å². The first kappa shape index (κ1) is 16.3. The number of pyridine rings is 1. The molecule has 1 aliphatic carbocycles. The first-order valence-electron chi connectivity index (χ1n) is 9.92. The molecule has 0 saturated carbocycles. The van der Waals surface area contributed by atoms with E-state index in [0.29, 0.717) is 0 Å². The second-order valence-electron chi connectivity index (χ2n) is 7.30. The number of hydrogen-bond donors (Lipinski definition) is 0. The smallest absolute Gasteiger partial charge is 0.0535 e. The summed E-state index contributed by atoms with van der Waals surface area (Å²) in [6.07, 6.45) is 2.93. The monoisotopic (exact) mass is 349 g/mol. The number of benzene rings is 3. The minimum absolute atomic E-state index is 0.945. The van der Waals surface area contributed by atoms with Gasteiger partial charge in [0.15, 0.2) is 0 Å². The minimum Gasteiger partial charge on any atom is -0.257 e. The van der Waals surface area contributed by atoms with E-state index in [4.69, 9.17) is 4.98 Å². The van der Waals surface area contributed by atoms with Gasteiger partial charge in [-0.3, -0.25) is 4.98 Å². The third-order valence-electron chi connectivity index (χ3n) is 5.85. The molecule has 0 bridgehead atoms. The van der Waals surface area contributed by atoms with E-state index in [1.165, 1.54) is 55.5 Å². The maximum atomic E-state index is 5.12. The molecule has 0 N–H and O–H groups in total. The molecule has 1 heterocycles. The molecule has 0 saturated heterocycles. The van der Waals surface area contributed by atoms with Gasteiger partial charge in [0.25, 0.3) is 0 Å². The molecular formula is C26H23N. The second kappa shape index (κ2) is 6.35. The molecule has 132 valence electrons. The highest BCUT2D eigenvalue weighted by Gasteiger charge is 2.27. The summed E-state index contributed by atoms with van der Waals surface area (Å²) in [5, 5.41) is 2.63. The second-order valence-corrected chi connectivity index (χ2v) is 7.30. The molecule has 1 nitrogen and oxygen atoms in total. The first-order valence-corrected chi connectivity index (χ1v) is 9.92. The molecule has 1 aromatic heterocycles. The highest BCUT2D eigenvalue weighted by molar-refractivity contribution is 6.03. The summed E-state index contributed by atoms with van der Waals surface area (Å²) in [6, 6.07) is 24.2. The van der Waals surface area contributed by atoms with Gasteiger partial charge >= 0.3 is 0 Å². The van der Waals surface area contributed by atoms with Crippen molar-refractivity contribution in [3.63, 3.8) is 0 Å². The molecule has 0 unspecified atom stereocenters. The lowest BCUT2D eigenvalue weighted by Crippen LogP contribution is -2.04. The van der Waals surface area contributed by atoms with E-state index in [1.54, 1.807) is 0 Å². The Morgan fingerprint density at radius 2 is 1.48 bits per heavy atom. The van der Waals surface area contributed by atoms with Crippen LogP contribution in [-0.2, 0) is 19.3 Å². The zero-order valence-corrected chi connectivity index (χ0v) is 15.9. The van der Waals surface area contributed by atoms with Gasteiger partial charge in [-0.15, -0.1) is 0 Å². The van der Waals surface area contributed by atoms with E-state index in [0.717, 1.165) is 19.3 Å². The van der Waals surface area contributed by atoms with Crippen molar-refractivity contribution in [2.24, 2.45) is 0 Å². The van der Waals surface area contributed by atoms with Gasteiger partial charge in [0, 0.05) is 17.7 Å². The molecule has 0 amide bonds. The van der Waals surface area contributed by atoms with Gasteiger partial charge in [0.1, 0.15) is 0 Å². The quantitative estimate of drug-likeness (QED) is 0.358. The fourth-order valence-corrected chi connectivity index (χ4v) is 4.66. The van der Waals surface area contributed by atoms with Crippen LogP contribution in [0.15, 0.2) is 66.7 Å². The lowest BCUT2D eigenvalue weighted by atomic mass is 9.87. The number of hydrogen-bond acceptors (Lipinski definition) is 1. The van der Waals surface area contributed by atoms with E-state index in [-0.39, 0.29) is 0 Å². The van der Waals surface area contributed by atoms with Crippen molar-refractivity contribution in [2.45, 2.75) is 33.1 Å². The van der Waals surface area contributed by atoms with E-state index in [9.17, 15) is 0 Å². The van der Waals surface area contributed by atoms with Gasteiger partial charge < -0.3 is 0 Å². The van der Waals surface area contributed by atoms with Crippen molar-refractivity contribution in [2.75, 3.05) is 0 Å². The maximum Gasteiger partial charge on any atom is 0.0535 e. The van der Waals surface area contributed by atoms with E-state index in [1.807, 2.05) is 0 Å². The Morgan fingerprint density at radius 1 is 0.741 bits per heavy atom. The Labute approximate surface area is 160 Å². The fourth-order valence-electron chi connectivity index (χ4n) is 4.66. The molecule has 0 radical (unpaired) electrons. The standard InChI is InChI=1S/C26H23N/c1-3-19-23(4-2)27-24-16-18-11-6-8-14-21(18)26(24)25(19)22-15-9-12-17-10-5-7-13-20(17)22/h5-15H,3-4,16H2,1-2H3. The van der Waals surface area contributed by atoms with Crippen LogP contribution in [0.2, 0.25) is 0 Å². The molecule has 5 rings (SSSR count). The van der Waals surface area contributed by atoms with Crippen molar-refractivity contribution in [1.82, 2.24) is 4.98 Å². The SMILES string of the molecule is CCc1nc2c(c(-c3cccc4ccccc34)c1CC)-c1ccccc1C2. The molecule has 3 aromatic carbocycles. The van der Waals surface area contributed by atoms with Crippen molar-refractivity contribution in [3.8, 4) is 22.3 Å². The summed E-state index contributed by atoms with van der Waals surface area (Å²) in [5.41, 5.74) is 10.8. The summed E-state index contributed by atoms with van der Waals surface area (Å²) < 4.78 is 0. The summed E-state index contributed by atoms with van der Waals surface area (Å²) in [7, 11) is 0. The number of aromatic nitrogens is 1. The largest absolute Gasteiger partial charge is 0.257 e. The average Bonchev–Trinajstić information content (AvgIpc) is 3.10. The molecule has 1 heteroatoms. The number of fused-ring (bicyclic) bond motifs is 4. The van der Waals surface area contributed by atoms with Gasteiger partial charge in [0.2, 0.25) is 0 Å². The Kier molecular flexibility index (Phi) is 3.82. The van der Waals surface area contributed by atoms with E-state index >= 15 is 0 Å². The van der Waals surface area contributed by atoms with Crippen LogP contribution in [0.5, 0.6) is 0 Å². The number of rotatable bonds is 3. The Hall–Kier alpha value is -2.93. The molecule has 0 aliphatic heterocycles. The highest BCUT2D eigenvalue weighted by Crippen LogP contribution is 2.46. The van der Waals surface area contributed by atoms with Gasteiger partial charge in [-0.05, 0) is 51.4 Å². The number of nitrogens with zero attached hydrogens (tertiary/aromatic N) is 1. The Bertz CT molecular complexity index is 1160. The van der Waals surface area contributed by atoms with Gasteiger partial charge in [-0.25, -0.2) is 0 Å². The molecule has 0 atom stereocenters. The fraction of sp³-hybridized carbons (Fsp3) is 0.192. The first-order chi connectivity index (χ1) is 13.3. The topological polar surface area (TPSA) is 12.9 Å². The average molecular weight is 349 g/mol. The van der Waals surface area contributed by atoms with Crippen molar-refractivity contribution in [3.05, 3.63) is 89.2 Å². The summed E-state index contributed by atoms with van der Waals surface area (Å²) >= 11 is 0. The summed E-state index contributed by atoms with van der Waals surface area (Å²) in [6.45, 7) is 4.49. The van der Waals surface area contributed by atoms with Crippen LogP contribution in [0.4, 0.5) is 0 Å². The van der Waals surface area contributed by atoms with Gasteiger partial charge in [0.05, 0.1) is 5.69 Å². The Morgan fingerprint density at radius 3 is 2.33 bits per heavy atom. The lowest BCUT2D eigenvalue weighted by Gasteiger charge is -2.19. The normalized spacial score (nSPS) is 12.2. The summed E-state index contributed by atoms with van der Waals surface area (Å²) in [4.78, 5) is 5.12. The maximum absolute atomic E-state index is 5.12. The van der Waals surface area contributed by atoms with Crippen molar-refractivity contribution < 1.29 is 0 Å². The van der Waals surface area contributed by atoms with E-state index < -0.39 is 0 Å². The third-order valence-corrected chi connectivity index (χ3v) is 5.85. The predicted molar refractivity (Wildman–Crippen MR) is 114 cm³/mol. The molecule has 0 spiro atoms. The van der Waals surface area contributed by atoms with Crippen LogP contribution in [0, 0.1) is 0 Å². The number of aryl methyl sites for hydroxylation is 1. The minimum atomic E-state index is 0.945. The van der Waals surface area contributed by atoms with Crippen molar-refractivity contribution in [1.29, 1.82) is 0 Å². The zero-order valence-electron chi connectivity index (χ0n) is 15.9.